The zero-order valence-corrected chi connectivity index (χ0v) is 13.4. The molecule has 1 aliphatic carbocycles. The van der Waals surface area contributed by atoms with Gasteiger partial charge in [-0.25, -0.2) is 0 Å². The van der Waals surface area contributed by atoms with Crippen molar-refractivity contribution in [3.63, 3.8) is 0 Å². The molecule has 0 radical (unpaired) electrons. The molecule has 110 valence electrons. The first-order chi connectivity index (χ1) is 10.6. The average molecular weight is 329 g/mol. The Bertz CT molecular complexity index is 753. The Labute approximate surface area is 139 Å². The van der Waals surface area contributed by atoms with Crippen LogP contribution < -0.4 is 0 Å². The SMILES string of the molecule is O=C1C=C(Cc2ccc(Cl)cc2)/C(=C/c2ccc(Cl)cc2)C1. The van der Waals surface area contributed by atoms with Gasteiger partial charge in [-0.2, -0.15) is 0 Å². The lowest BCUT2D eigenvalue weighted by Gasteiger charge is -2.06. The summed E-state index contributed by atoms with van der Waals surface area (Å²) in [6, 6.07) is 15.3. The van der Waals surface area contributed by atoms with Crippen LogP contribution in [0.5, 0.6) is 0 Å². The van der Waals surface area contributed by atoms with Crippen LogP contribution in [0.25, 0.3) is 6.08 Å². The zero-order valence-electron chi connectivity index (χ0n) is 11.9. The number of rotatable bonds is 3. The van der Waals surface area contributed by atoms with E-state index in [2.05, 4.69) is 6.08 Å². The summed E-state index contributed by atoms with van der Waals surface area (Å²) in [5.41, 5.74) is 4.34. The van der Waals surface area contributed by atoms with Gasteiger partial charge in [0, 0.05) is 16.5 Å². The molecule has 0 N–H and O–H groups in total. The highest BCUT2D eigenvalue weighted by atomic mass is 35.5. The number of carbonyl (C=O) groups excluding carboxylic acids is 1. The minimum absolute atomic E-state index is 0.157. The van der Waals surface area contributed by atoms with E-state index in [-0.39, 0.29) is 5.78 Å². The summed E-state index contributed by atoms with van der Waals surface area (Å²) in [4.78, 5) is 11.8. The summed E-state index contributed by atoms with van der Waals surface area (Å²) in [5, 5.41) is 1.43. The van der Waals surface area contributed by atoms with Crippen molar-refractivity contribution in [2.45, 2.75) is 12.8 Å². The third kappa shape index (κ3) is 3.68. The van der Waals surface area contributed by atoms with E-state index in [4.69, 9.17) is 23.2 Å². The maximum atomic E-state index is 11.8. The van der Waals surface area contributed by atoms with Crippen molar-refractivity contribution in [1.29, 1.82) is 0 Å². The van der Waals surface area contributed by atoms with E-state index < -0.39 is 0 Å². The molecule has 3 heteroatoms. The minimum Gasteiger partial charge on any atom is -0.294 e. The van der Waals surface area contributed by atoms with E-state index in [1.165, 1.54) is 0 Å². The molecule has 2 aromatic rings. The van der Waals surface area contributed by atoms with Crippen LogP contribution in [0.1, 0.15) is 17.5 Å². The van der Waals surface area contributed by atoms with Crippen LogP contribution in [0.4, 0.5) is 0 Å². The Hall–Kier alpha value is -1.83. The lowest BCUT2D eigenvalue weighted by molar-refractivity contribution is -0.113. The molecule has 0 saturated heterocycles. The summed E-state index contributed by atoms with van der Waals surface area (Å²) in [6.07, 6.45) is 5.01. The quantitative estimate of drug-likeness (QED) is 0.725. The summed E-state index contributed by atoms with van der Waals surface area (Å²) in [6.45, 7) is 0. The van der Waals surface area contributed by atoms with Gasteiger partial charge in [-0.05, 0) is 59.0 Å². The molecule has 0 unspecified atom stereocenters. The molecule has 0 fully saturated rings. The number of hydrogen-bond acceptors (Lipinski definition) is 1. The van der Waals surface area contributed by atoms with Crippen molar-refractivity contribution in [3.8, 4) is 0 Å². The number of ketones is 1. The predicted molar refractivity (Wildman–Crippen MR) is 92.3 cm³/mol. The van der Waals surface area contributed by atoms with Gasteiger partial charge in [0.05, 0.1) is 0 Å². The van der Waals surface area contributed by atoms with Gasteiger partial charge in [-0.15, -0.1) is 0 Å². The van der Waals surface area contributed by atoms with Crippen LogP contribution in [-0.2, 0) is 11.2 Å². The van der Waals surface area contributed by atoms with E-state index in [0.717, 1.165) is 33.7 Å². The number of hydrogen-bond donors (Lipinski definition) is 0. The summed E-state index contributed by atoms with van der Waals surface area (Å²) in [7, 11) is 0. The molecule has 1 aliphatic rings. The topological polar surface area (TPSA) is 17.1 Å². The molecule has 0 amide bonds. The first kappa shape index (κ1) is 15.1. The van der Waals surface area contributed by atoms with Gasteiger partial charge in [0.2, 0.25) is 0 Å². The Morgan fingerprint density at radius 3 is 2.14 bits per heavy atom. The number of benzene rings is 2. The second-order valence-electron chi connectivity index (χ2n) is 5.34. The molecule has 1 nitrogen and oxygen atoms in total. The molecule has 0 saturated carbocycles. The summed E-state index contributed by atoms with van der Waals surface area (Å²) in [5.74, 6) is 0.157. The van der Waals surface area contributed by atoms with Crippen LogP contribution in [0.3, 0.4) is 0 Å². The molecule has 2 aromatic carbocycles. The number of halogens is 2. The van der Waals surface area contributed by atoms with Gasteiger partial charge in [0.15, 0.2) is 5.78 Å². The number of allylic oxidation sites excluding steroid dienone is 3. The molecule has 0 spiro atoms. The highest BCUT2D eigenvalue weighted by Crippen LogP contribution is 2.28. The van der Waals surface area contributed by atoms with E-state index in [1.54, 1.807) is 6.08 Å². The van der Waals surface area contributed by atoms with Crippen molar-refractivity contribution < 1.29 is 4.79 Å². The normalized spacial score (nSPS) is 16.2. The molecule has 3 rings (SSSR count). The van der Waals surface area contributed by atoms with Crippen LogP contribution in [0, 0.1) is 0 Å². The first-order valence-electron chi connectivity index (χ1n) is 7.04. The van der Waals surface area contributed by atoms with Gasteiger partial charge < -0.3 is 0 Å². The van der Waals surface area contributed by atoms with Crippen molar-refractivity contribution in [2.75, 3.05) is 0 Å². The van der Waals surface area contributed by atoms with Gasteiger partial charge in [-0.1, -0.05) is 53.5 Å². The van der Waals surface area contributed by atoms with Crippen LogP contribution in [0.2, 0.25) is 10.0 Å². The third-order valence-corrected chi connectivity index (χ3v) is 4.14. The van der Waals surface area contributed by atoms with E-state index in [9.17, 15) is 4.79 Å². The average Bonchev–Trinajstić information content (AvgIpc) is 2.83. The fourth-order valence-electron chi connectivity index (χ4n) is 2.53. The Morgan fingerprint density at radius 2 is 1.50 bits per heavy atom. The number of carbonyl (C=O) groups is 1. The van der Waals surface area contributed by atoms with E-state index >= 15 is 0 Å². The van der Waals surface area contributed by atoms with Gasteiger partial charge in [-0.3, -0.25) is 4.79 Å². The highest BCUT2D eigenvalue weighted by molar-refractivity contribution is 6.30. The minimum atomic E-state index is 0.157. The Kier molecular flexibility index (Phi) is 4.47. The Balaban J connectivity index is 1.85. The van der Waals surface area contributed by atoms with Gasteiger partial charge in [0.1, 0.15) is 0 Å². The molecule has 0 atom stereocenters. The predicted octanol–water partition coefficient (Wildman–Crippen LogP) is 5.52. The summed E-state index contributed by atoms with van der Waals surface area (Å²) < 4.78 is 0. The van der Waals surface area contributed by atoms with Crippen molar-refractivity contribution in [2.24, 2.45) is 0 Å². The summed E-state index contributed by atoms with van der Waals surface area (Å²) >= 11 is 11.8. The highest BCUT2D eigenvalue weighted by Gasteiger charge is 2.18. The largest absolute Gasteiger partial charge is 0.294 e. The van der Waals surface area contributed by atoms with Gasteiger partial charge >= 0.3 is 0 Å². The van der Waals surface area contributed by atoms with Crippen molar-refractivity contribution >= 4 is 35.1 Å². The zero-order chi connectivity index (χ0) is 15.5. The second-order valence-corrected chi connectivity index (χ2v) is 6.21. The monoisotopic (exact) mass is 328 g/mol. The maximum absolute atomic E-state index is 11.8. The lowest BCUT2D eigenvalue weighted by Crippen LogP contribution is -1.91. The molecule has 0 aliphatic heterocycles. The Morgan fingerprint density at radius 1 is 0.909 bits per heavy atom. The van der Waals surface area contributed by atoms with Crippen molar-refractivity contribution in [3.05, 3.63) is 86.9 Å². The second kappa shape index (κ2) is 6.51. The lowest BCUT2D eigenvalue weighted by atomic mass is 9.99. The van der Waals surface area contributed by atoms with Crippen LogP contribution >= 0.6 is 23.2 Å². The smallest absolute Gasteiger partial charge is 0.160 e. The standard InChI is InChI=1S/C19H14Cl2O/c20-17-5-1-13(2-6-17)9-15-11-19(22)12-16(15)10-14-3-7-18(21)8-4-14/h1-9,12H,10-11H2/b15-9+. The van der Waals surface area contributed by atoms with Crippen LogP contribution in [-0.4, -0.2) is 5.78 Å². The van der Waals surface area contributed by atoms with E-state index in [1.807, 2.05) is 48.5 Å². The molecular formula is C19H14Cl2O. The fraction of sp³-hybridized carbons (Fsp3) is 0.105. The molecule has 0 aromatic heterocycles. The maximum Gasteiger partial charge on any atom is 0.160 e. The van der Waals surface area contributed by atoms with E-state index in [0.29, 0.717) is 11.4 Å². The van der Waals surface area contributed by atoms with Crippen LogP contribution in [0.15, 0.2) is 65.8 Å². The fourth-order valence-corrected chi connectivity index (χ4v) is 2.78. The first-order valence-corrected chi connectivity index (χ1v) is 7.80. The molecule has 0 heterocycles. The van der Waals surface area contributed by atoms with Gasteiger partial charge in [0.25, 0.3) is 0 Å². The molecule has 22 heavy (non-hydrogen) atoms. The third-order valence-electron chi connectivity index (χ3n) is 3.63. The molecule has 0 bridgehead atoms. The van der Waals surface area contributed by atoms with Crippen molar-refractivity contribution in [1.82, 2.24) is 0 Å². The molecular weight excluding hydrogens is 315 g/mol.